The van der Waals surface area contributed by atoms with Gasteiger partial charge in [0.05, 0.1) is 11.4 Å². The minimum atomic E-state index is -0.0611. The number of anilines is 1. The Hall–Kier alpha value is -1.85. The van der Waals surface area contributed by atoms with Crippen LogP contribution in [0.15, 0.2) is 54.6 Å². The monoisotopic (exact) mass is 415 g/mol. The SMILES string of the molecule is CC(=O)Nc1ccc(O[C@H]2C[C@H]3C[NH+](Cc4ccccc4)[C@@H]2[C@@H]3Br)cc1. The van der Waals surface area contributed by atoms with Crippen molar-refractivity contribution in [2.45, 2.75) is 36.9 Å². The number of piperidine rings is 1. The number of likely N-dealkylation sites (tertiary alicyclic amines) is 1. The molecule has 2 N–H and O–H groups in total. The number of benzene rings is 2. The number of nitrogens with one attached hydrogen (secondary N) is 2. The first-order valence-corrected chi connectivity index (χ1v) is 10.1. The number of quaternary nitrogens is 1. The van der Waals surface area contributed by atoms with E-state index < -0.39 is 0 Å². The van der Waals surface area contributed by atoms with E-state index in [-0.39, 0.29) is 12.0 Å². The third-order valence-electron chi connectivity index (χ3n) is 5.46. The maximum Gasteiger partial charge on any atom is 0.221 e. The number of halogens is 1. The van der Waals surface area contributed by atoms with Crippen LogP contribution in [0.25, 0.3) is 0 Å². The van der Waals surface area contributed by atoms with Gasteiger partial charge in [0.15, 0.2) is 6.10 Å². The van der Waals surface area contributed by atoms with Crippen LogP contribution in [0.4, 0.5) is 5.69 Å². The van der Waals surface area contributed by atoms with Crippen molar-refractivity contribution in [3.63, 3.8) is 0 Å². The molecule has 136 valence electrons. The lowest BCUT2D eigenvalue weighted by atomic mass is 10.1. The molecule has 1 unspecified atom stereocenters. The maximum atomic E-state index is 11.1. The zero-order chi connectivity index (χ0) is 18.1. The fourth-order valence-electron chi connectivity index (χ4n) is 4.39. The van der Waals surface area contributed by atoms with E-state index in [1.54, 1.807) is 4.90 Å². The summed E-state index contributed by atoms with van der Waals surface area (Å²) in [6.45, 7) is 3.77. The average molecular weight is 416 g/mol. The summed E-state index contributed by atoms with van der Waals surface area (Å²) < 4.78 is 6.34. The molecule has 1 aliphatic carbocycles. The van der Waals surface area contributed by atoms with Crippen molar-refractivity contribution in [3.05, 3.63) is 60.2 Å². The summed E-state index contributed by atoms with van der Waals surface area (Å²) in [6.07, 6.45) is 1.33. The Kier molecular flexibility index (Phi) is 5.00. The molecule has 2 fully saturated rings. The van der Waals surface area contributed by atoms with Crippen LogP contribution in [0.3, 0.4) is 0 Å². The molecule has 2 aromatic rings. The van der Waals surface area contributed by atoms with Crippen LogP contribution in [-0.2, 0) is 11.3 Å². The molecule has 1 aliphatic heterocycles. The summed E-state index contributed by atoms with van der Waals surface area (Å²) in [5, 5.41) is 2.79. The van der Waals surface area contributed by atoms with Gasteiger partial charge >= 0.3 is 0 Å². The Balaban J connectivity index is 1.43. The smallest absolute Gasteiger partial charge is 0.221 e. The highest BCUT2D eigenvalue weighted by Crippen LogP contribution is 2.36. The van der Waals surface area contributed by atoms with Crippen LogP contribution in [0.1, 0.15) is 18.9 Å². The standard InChI is InChI=1S/C21H23BrN2O2/c1-14(25)23-17-7-9-18(10-8-17)26-19-11-16-13-24(21(19)20(16)22)12-15-5-3-2-4-6-15/h2-10,16,19-21H,11-13H2,1H3,(H,23,25)/p+1/t16-,19-,20+,21-/m0/s1. The van der Waals surface area contributed by atoms with Crippen LogP contribution in [-0.4, -0.2) is 29.4 Å². The molecule has 0 aromatic heterocycles. The molecule has 2 bridgehead atoms. The molecule has 1 amide bonds. The van der Waals surface area contributed by atoms with E-state index in [0.717, 1.165) is 24.4 Å². The fraction of sp³-hybridized carbons (Fsp3) is 0.381. The van der Waals surface area contributed by atoms with Gasteiger partial charge in [-0.2, -0.15) is 0 Å². The normalized spacial score (nSPS) is 29.5. The van der Waals surface area contributed by atoms with Crippen molar-refractivity contribution in [1.29, 1.82) is 0 Å². The lowest BCUT2D eigenvalue weighted by molar-refractivity contribution is -0.933. The molecule has 1 saturated carbocycles. The molecule has 4 rings (SSSR count). The van der Waals surface area contributed by atoms with Crippen molar-refractivity contribution in [2.75, 3.05) is 11.9 Å². The number of carbonyl (C=O) groups excluding carboxylic acids is 1. The summed E-state index contributed by atoms with van der Waals surface area (Å²) in [5.74, 6) is 1.48. The number of rotatable bonds is 5. The number of ether oxygens (including phenoxy) is 1. The lowest BCUT2D eigenvalue weighted by Crippen LogP contribution is -3.15. The van der Waals surface area contributed by atoms with Gasteiger partial charge in [-0.1, -0.05) is 46.3 Å². The van der Waals surface area contributed by atoms with E-state index in [9.17, 15) is 4.79 Å². The number of fused-ring (bicyclic) bond motifs is 2. The topological polar surface area (TPSA) is 42.8 Å². The van der Waals surface area contributed by atoms with Crippen molar-refractivity contribution < 1.29 is 14.4 Å². The Labute approximate surface area is 162 Å². The van der Waals surface area contributed by atoms with E-state index in [1.807, 2.05) is 24.3 Å². The van der Waals surface area contributed by atoms with Gasteiger partial charge in [-0.25, -0.2) is 0 Å². The minimum absolute atomic E-state index is 0.0611. The van der Waals surface area contributed by atoms with Crippen molar-refractivity contribution in [1.82, 2.24) is 0 Å². The van der Waals surface area contributed by atoms with Crippen molar-refractivity contribution >= 4 is 27.5 Å². The van der Waals surface area contributed by atoms with E-state index >= 15 is 0 Å². The predicted octanol–water partition coefficient (Wildman–Crippen LogP) is 2.64. The zero-order valence-electron chi connectivity index (χ0n) is 14.8. The number of amides is 1. The highest BCUT2D eigenvalue weighted by Gasteiger charge is 2.56. The first-order valence-electron chi connectivity index (χ1n) is 9.17. The molecule has 5 atom stereocenters. The molecule has 26 heavy (non-hydrogen) atoms. The highest BCUT2D eigenvalue weighted by molar-refractivity contribution is 9.09. The zero-order valence-corrected chi connectivity index (χ0v) is 16.4. The Morgan fingerprint density at radius 3 is 2.58 bits per heavy atom. The number of hydrogen-bond donors (Lipinski definition) is 2. The van der Waals surface area contributed by atoms with Crippen LogP contribution in [0, 0.1) is 5.92 Å². The van der Waals surface area contributed by atoms with Gasteiger partial charge in [0.1, 0.15) is 18.3 Å². The van der Waals surface area contributed by atoms with E-state index in [1.165, 1.54) is 19.0 Å². The Morgan fingerprint density at radius 1 is 1.19 bits per heavy atom. The lowest BCUT2D eigenvalue weighted by Gasteiger charge is -2.30. The molecule has 1 saturated heterocycles. The predicted molar refractivity (Wildman–Crippen MR) is 106 cm³/mol. The second-order valence-electron chi connectivity index (χ2n) is 7.35. The maximum absolute atomic E-state index is 11.1. The molecule has 0 radical (unpaired) electrons. The van der Waals surface area contributed by atoms with Gasteiger partial charge in [0.2, 0.25) is 5.91 Å². The molecule has 4 nitrogen and oxygen atoms in total. The molecular formula is C21H24BrN2O2+. The summed E-state index contributed by atoms with van der Waals surface area (Å²) in [4.78, 5) is 13.3. The number of hydrogen-bond acceptors (Lipinski definition) is 2. The third-order valence-corrected chi connectivity index (χ3v) is 6.78. The number of carbonyl (C=O) groups is 1. The molecular weight excluding hydrogens is 392 g/mol. The van der Waals surface area contributed by atoms with Gasteiger partial charge in [-0.3, -0.25) is 4.79 Å². The van der Waals surface area contributed by atoms with Crippen LogP contribution in [0.2, 0.25) is 0 Å². The largest absolute Gasteiger partial charge is 0.484 e. The molecule has 2 aliphatic rings. The molecule has 2 aromatic carbocycles. The summed E-state index contributed by atoms with van der Waals surface area (Å²) in [7, 11) is 0. The fourth-order valence-corrected chi connectivity index (χ4v) is 5.51. The Morgan fingerprint density at radius 2 is 1.92 bits per heavy atom. The van der Waals surface area contributed by atoms with E-state index in [4.69, 9.17) is 4.74 Å². The first kappa shape index (κ1) is 17.6. The minimum Gasteiger partial charge on any atom is -0.484 e. The van der Waals surface area contributed by atoms with Crippen LogP contribution in [0.5, 0.6) is 5.75 Å². The van der Waals surface area contributed by atoms with Crippen LogP contribution < -0.4 is 15.0 Å². The van der Waals surface area contributed by atoms with E-state index in [2.05, 4.69) is 51.6 Å². The molecule has 1 heterocycles. The van der Waals surface area contributed by atoms with Gasteiger partial charge in [-0.05, 0) is 30.7 Å². The van der Waals surface area contributed by atoms with Gasteiger partial charge in [0, 0.05) is 24.1 Å². The van der Waals surface area contributed by atoms with E-state index in [0.29, 0.717) is 16.8 Å². The average Bonchev–Trinajstić information content (AvgIpc) is 3.08. The van der Waals surface area contributed by atoms with Gasteiger partial charge < -0.3 is 15.0 Å². The van der Waals surface area contributed by atoms with Crippen molar-refractivity contribution in [3.8, 4) is 5.75 Å². The molecule has 0 spiro atoms. The Bertz CT molecular complexity index is 765. The van der Waals surface area contributed by atoms with Gasteiger partial charge in [0.25, 0.3) is 0 Å². The molecule has 5 heteroatoms. The number of alkyl halides is 1. The quantitative estimate of drug-likeness (QED) is 0.737. The van der Waals surface area contributed by atoms with Gasteiger partial charge in [-0.15, -0.1) is 0 Å². The van der Waals surface area contributed by atoms with Crippen molar-refractivity contribution in [2.24, 2.45) is 5.92 Å². The summed E-state index contributed by atoms with van der Waals surface area (Å²) in [5.41, 5.74) is 2.18. The first-order chi connectivity index (χ1) is 12.6. The second-order valence-corrected chi connectivity index (χ2v) is 8.41. The summed E-state index contributed by atoms with van der Waals surface area (Å²) in [6, 6.07) is 18.8. The summed E-state index contributed by atoms with van der Waals surface area (Å²) >= 11 is 3.93. The van der Waals surface area contributed by atoms with Crippen LogP contribution >= 0.6 is 15.9 Å². The third kappa shape index (κ3) is 3.64. The highest BCUT2D eigenvalue weighted by atomic mass is 79.9. The second kappa shape index (κ2) is 7.41.